The molecular formula is C16H21FN4O2. The number of likely N-dealkylation sites (N-methyl/N-ethyl adjacent to an activating group) is 1. The average molecular weight is 320 g/mol. The van der Waals surface area contributed by atoms with Crippen LogP contribution in [-0.2, 0) is 4.79 Å². The fraction of sp³-hybridized carbons (Fsp3) is 0.438. The van der Waals surface area contributed by atoms with E-state index in [1.807, 2.05) is 13.8 Å². The number of allylic oxidation sites excluding steroid dienone is 1. The van der Waals surface area contributed by atoms with Gasteiger partial charge in [0.2, 0.25) is 5.91 Å². The maximum Gasteiger partial charge on any atom is 0.274 e. The Kier molecular flexibility index (Phi) is 5.67. The van der Waals surface area contributed by atoms with Crippen LogP contribution in [0.25, 0.3) is 11.6 Å². The number of aromatic amines is 1. The highest BCUT2D eigenvalue weighted by Crippen LogP contribution is 2.22. The van der Waals surface area contributed by atoms with Gasteiger partial charge >= 0.3 is 0 Å². The molecule has 124 valence electrons. The van der Waals surface area contributed by atoms with Gasteiger partial charge in [0.1, 0.15) is 11.5 Å². The minimum atomic E-state index is -0.373. The summed E-state index contributed by atoms with van der Waals surface area (Å²) in [6.45, 7) is 4.48. The van der Waals surface area contributed by atoms with E-state index in [2.05, 4.69) is 15.1 Å². The van der Waals surface area contributed by atoms with Crippen LogP contribution >= 0.6 is 0 Å². The zero-order chi connectivity index (χ0) is 16.8. The maximum absolute atomic E-state index is 13.0. The van der Waals surface area contributed by atoms with Crippen molar-refractivity contribution in [2.75, 3.05) is 13.6 Å². The molecule has 0 bridgehead atoms. The van der Waals surface area contributed by atoms with Crippen LogP contribution in [0.5, 0.6) is 0 Å². The maximum atomic E-state index is 13.0. The van der Waals surface area contributed by atoms with Crippen molar-refractivity contribution in [2.24, 2.45) is 0 Å². The van der Waals surface area contributed by atoms with Gasteiger partial charge in [-0.3, -0.25) is 4.79 Å². The van der Waals surface area contributed by atoms with Gasteiger partial charge in [0.25, 0.3) is 5.89 Å². The number of aromatic nitrogens is 3. The van der Waals surface area contributed by atoms with Gasteiger partial charge in [-0.15, -0.1) is 0 Å². The summed E-state index contributed by atoms with van der Waals surface area (Å²) in [5.74, 6) is 0.573. The quantitative estimate of drug-likeness (QED) is 0.795. The van der Waals surface area contributed by atoms with E-state index in [-0.39, 0.29) is 23.5 Å². The van der Waals surface area contributed by atoms with Crippen LogP contribution in [0.2, 0.25) is 0 Å². The number of nitrogens with one attached hydrogen (secondary N) is 1. The second kappa shape index (κ2) is 7.71. The van der Waals surface area contributed by atoms with Gasteiger partial charge in [0.15, 0.2) is 5.82 Å². The Labute approximate surface area is 134 Å². The van der Waals surface area contributed by atoms with E-state index in [4.69, 9.17) is 4.52 Å². The summed E-state index contributed by atoms with van der Waals surface area (Å²) >= 11 is 0. The molecule has 7 heteroatoms. The lowest BCUT2D eigenvalue weighted by Crippen LogP contribution is -2.26. The van der Waals surface area contributed by atoms with Gasteiger partial charge in [-0.1, -0.05) is 18.2 Å². The third kappa shape index (κ3) is 4.51. The van der Waals surface area contributed by atoms with Crippen LogP contribution in [0.4, 0.5) is 4.39 Å². The number of hydrogen-bond acceptors (Lipinski definition) is 4. The van der Waals surface area contributed by atoms with Crippen LogP contribution < -0.4 is 0 Å². The molecule has 23 heavy (non-hydrogen) atoms. The van der Waals surface area contributed by atoms with Gasteiger partial charge in [-0.25, -0.2) is 4.39 Å². The minimum absolute atomic E-state index is 0.00391. The molecule has 2 aromatic rings. The second-order valence-electron chi connectivity index (χ2n) is 5.49. The molecule has 0 aliphatic carbocycles. The highest BCUT2D eigenvalue weighted by Gasteiger charge is 2.16. The molecule has 1 amide bonds. The summed E-state index contributed by atoms with van der Waals surface area (Å²) in [5, 5.41) is 3.94. The van der Waals surface area contributed by atoms with Crippen LogP contribution in [0, 0.1) is 5.82 Å². The van der Waals surface area contributed by atoms with Crippen LogP contribution in [0.1, 0.15) is 38.4 Å². The standard InChI is InChI=1S/C16H21FN4O2/c1-4-6-14(22)21(3)8-5-7-11(2)15-19-16(23-20-15)13-9-12(17)10-18-13/h4,6,9-11,18H,5,7-8H2,1-3H3/b6-4+/t11-/m1/s1. The zero-order valence-corrected chi connectivity index (χ0v) is 13.5. The van der Waals surface area contributed by atoms with Crippen molar-refractivity contribution in [3.63, 3.8) is 0 Å². The molecule has 2 aromatic heterocycles. The number of amides is 1. The molecule has 1 atom stereocenters. The number of nitrogens with zero attached hydrogens (tertiary/aromatic N) is 3. The minimum Gasteiger partial charge on any atom is -0.355 e. The van der Waals surface area contributed by atoms with Gasteiger partial charge in [-0.05, 0) is 25.8 Å². The van der Waals surface area contributed by atoms with E-state index in [0.717, 1.165) is 12.8 Å². The van der Waals surface area contributed by atoms with Crippen LogP contribution in [0.15, 0.2) is 28.9 Å². The first-order chi connectivity index (χ1) is 11.0. The van der Waals surface area contributed by atoms with E-state index in [9.17, 15) is 9.18 Å². The van der Waals surface area contributed by atoms with Gasteiger partial charge in [-0.2, -0.15) is 4.98 Å². The Bertz CT molecular complexity index is 677. The number of hydrogen-bond donors (Lipinski definition) is 1. The average Bonchev–Trinajstić information content (AvgIpc) is 3.15. The molecule has 0 radical (unpaired) electrons. The summed E-state index contributed by atoms with van der Waals surface area (Å²) in [4.78, 5) is 20.3. The van der Waals surface area contributed by atoms with Gasteiger partial charge in [0.05, 0.1) is 0 Å². The summed E-state index contributed by atoms with van der Waals surface area (Å²) < 4.78 is 18.1. The Morgan fingerprint density at radius 2 is 2.35 bits per heavy atom. The molecular weight excluding hydrogens is 299 g/mol. The summed E-state index contributed by atoms with van der Waals surface area (Å²) in [6.07, 6.45) is 6.17. The first-order valence-corrected chi connectivity index (χ1v) is 7.57. The predicted molar refractivity (Wildman–Crippen MR) is 84.1 cm³/mol. The Balaban J connectivity index is 1.85. The molecule has 0 saturated carbocycles. The van der Waals surface area contributed by atoms with E-state index in [1.54, 1.807) is 24.1 Å². The third-order valence-electron chi connectivity index (χ3n) is 3.58. The normalized spacial score (nSPS) is 12.7. The molecule has 0 aromatic carbocycles. The smallest absolute Gasteiger partial charge is 0.274 e. The van der Waals surface area contributed by atoms with Crippen molar-refractivity contribution in [1.29, 1.82) is 0 Å². The van der Waals surface area contributed by atoms with Crippen molar-refractivity contribution >= 4 is 5.91 Å². The van der Waals surface area contributed by atoms with E-state index >= 15 is 0 Å². The largest absolute Gasteiger partial charge is 0.355 e. The van der Waals surface area contributed by atoms with Crippen molar-refractivity contribution < 1.29 is 13.7 Å². The SMILES string of the molecule is C/C=C/C(=O)N(C)CCC[C@@H](C)c1noc(-c2cc(F)c[nH]2)n1. The lowest BCUT2D eigenvalue weighted by Gasteiger charge is -2.15. The molecule has 0 saturated heterocycles. The van der Waals surface area contributed by atoms with Crippen molar-refractivity contribution in [3.05, 3.63) is 36.1 Å². The van der Waals surface area contributed by atoms with E-state index in [1.165, 1.54) is 12.3 Å². The third-order valence-corrected chi connectivity index (χ3v) is 3.58. The first-order valence-electron chi connectivity index (χ1n) is 7.57. The molecule has 0 aliphatic rings. The highest BCUT2D eigenvalue weighted by molar-refractivity contribution is 5.87. The molecule has 0 aliphatic heterocycles. The van der Waals surface area contributed by atoms with Crippen molar-refractivity contribution in [3.8, 4) is 11.6 Å². The monoisotopic (exact) mass is 320 g/mol. The van der Waals surface area contributed by atoms with Crippen molar-refractivity contribution in [2.45, 2.75) is 32.6 Å². The number of rotatable bonds is 7. The number of carbonyl (C=O) groups is 1. The predicted octanol–water partition coefficient (Wildman–Crippen LogP) is 3.12. The summed E-state index contributed by atoms with van der Waals surface area (Å²) in [5.41, 5.74) is 0.463. The fourth-order valence-corrected chi connectivity index (χ4v) is 2.18. The summed E-state index contributed by atoms with van der Waals surface area (Å²) in [7, 11) is 1.78. The number of halogens is 1. The van der Waals surface area contributed by atoms with E-state index in [0.29, 0.717) is 18.1 Å². The molecule has 2 rings (SSSR count). The lowest BCUT2D eigenvalue weighted by atomic mass is 10.1. The topological polar surface area (TPSA) is 75.0 Å². The van der Waals surface area contributed by atoms with Crippen LogP contribution in [0.3, 0.4) is 0 Å². The lowest BCUT2D eigenvalue weighted by molar-refractivity contribution is -0.124. The van der Waals surface area contributed by atoms with Gasteiger partial charge in [0, 0.05) is 31.8 Å². The molecule has 0 unspecified atom stereocenters. The zero-order valence-electron chi connectivity index (χ0n) is 13.5. The van der Waals surface area contributed by atoms with Gasteiger partial charge < -0.3 is 14.4 Å². The Morgan fingerprint density at radius 1 is 1.57 bits per heavy atom. The number of carbonyl (C=O) groups excluding carboxylic acids is 1. The Hall–Kier alpha value is -2.44. The first kappa shape index (κ1) is 16.9. The highest BCUT2D eigenvalue weighted by atomic mass is 19.1. The molecule has 2 heterocycles. The van der Waals surface area contributed by atoms with E-state index < -0.39 is 0 Å². The molecule has 0 fully saturated rings. The fourth-order valence-electron chi connectivity index (χ4n) is 2.18. The van der Waals surface area contributed by atoms with Crippen LogP contribution in [-0.4, -0.2) is 39.5 Å². The van der Waals surface area contributed by atoms with Crippen molar-refractivity contribution in [1.82, 2.24) is 20.0 Å². The number of H-pyrrole nitrogens is 1. The molecule has 0 spiro atoms. The summed E-state index contributed by atoms with van der Waals surface area (Å²) in [6, 6.07) is 1.31. The Morgan fingerprint density at radius 3 is 3.00 bits per heavy atom. The second-order valence-corrected chi connectivity index (χ2v) is 5.49. The molecule has 6 nitrogen and oxygen atoms in total. The molecule has 1 N–H and O–H groups in total.